The van der Waals surface area contributed by atoms with Crippen LogP contribution in [0.3, 0.4) is 0 Å². The molecule has 0 saturated heterocycles. The van der Waals surface area contributed by atoms with Gasteiger partial charge in [-0.1, -0.05) is 5.16 Å². The summed E-state index contributed by atoms with van der Waals surface area (Å²) in [7, 11) is 0. The molecule has 1 rings (SSSR count). The first-order chi connectivity index (χ1) is 4.93. The van der Waals surface area contributed by atoms with Gasteiger partial charge in [0.05, 0.1) is 0 Å². The van der Waals surface area contributed by atoms with Gasteiger partial charge in [0.1, 0.15) is 6.34 Å². The molecule has 0 saturated carbocycles. The molecule has 0 aromatic carbocycles. The third kappa shape index (κ3) is 1.70. The first kappa shape index (κ1) is 6.47. The van der Waals surface area contributed by atoms with Crippen molar-refractivity contribution in [1.82, 2.24) is 10.2 Å². The van der Waals surface area contributed by atoms with Gasteiger partial charge in [0.25, 0.3) is 5.88 Å². The molecule has 0 fully saturated rings. The van der Waals surface area contributed by atoms with E-state index in [0.717, 1.165) is 6.34 Å². The molecule has 1 aromatic heterocycles. The molecule has 0 unspecified atom stereocenters. The summed E-state index contributed by atoms with van der Waals surface area (Å²) in [6, 6.07) is 3.31. The second-order valence-electron chi connectivity index (χ2n) is 1.41. The van der Waals surface area contributed by atoms with Crippen LogP contribution in [0.2, 0.25) is 0 Å². The van der Waals surface area contributed by atoms with Crippen molar-refractivity contribution in [2.24, 2.45) is 10.9 Å². The minimum atomic E-state index is 0.323. The minimum absolute atomic E-state index is 0.323. The average Bonchev–Trinajstić information content (AvgIpc) is 2.03. The van der Waals surface area contributed by atoms with Gasteiger partial charge in [-0.25, -0.2) is 0 Å². The molecule has 10 heavy (non-hydrogen) atoms. The highest BCUT2D eigenvalue weighted by atomic mass is 16.6. The number of oxime groups is 1. The van der Waals surface area contributed by atoms with Gasteiger partial charge in [-0.3, -0.25) is 0 Å². The Bertz CT molecular complexity index is 210. The molecule has 5 nitrogen and oxygen atoms in total. The highest BCUT2D eigenvalue weighted by Crippen LogP contribution is 1.99. The van der Waals surface area contributed by atoms with Gasteiger partial charge in [0, 0.05) is 12.3 Å². The van der Waals surface area contributed by atoms with E-state index in [2.05, 4.69) is 20.2 Å². The quantitative estimate of drug-likeness (QED) is 0.347. The van der Waals surface area contributed by atoms with Gasteiger partial charge in [0.15, 0.2) is 0 Å². The van der Waals surface area contributed by atoms with E-state index >= 15 is 0 Å². The lowest BCUT2D eigenvalue weighted by molar-refractivity contribution is 0.325. The summed E-state index contributed by atoms with van der Waals surface area (Å²) in [5.74, 6) is 0.323. The van der Waals surface area contributed by atoms with Crippen LogP contribution in [0.4, 0.5) is 0 Å². The third-order valence-corrected chi connectivity index (χ3v) is 0.755. The second kappa shape index (κ2) is 3.39. The Morgan fingerprint density at radius 2 is 2.60 bits per heavy atom. The molecule has 1 aromatic rings. The Labute approximate surface area is 57.5 Å². The largest absolute Gasteiger partial charge is 0.387 e. The van der Waals surface area contributed by atoms with E-state index in [9.17, 15) is 0 Å². The van der Waals surface area contributed by atoms with Gasteiger partial charge in [-0.05, 0) is 6.07 Å². The average molecular weight is 138 g/mol. The molecule has 0 aliphatic carbocycles. The van der Waals surface area contributed by atoms with Crippen LogP contribution in [-0.2, 0) is 0 Å². The van der Waals surface area contributed by atoms with Gasteiger partial charge in [-0.15, -0.1) is 5.10 Å². The first-order valence-corrected chi connectivity index (χ1v) is 2.62. The molecule has 0 aliphatic rings. The van der Waals surface area contributed by atoms with Crippen molar-refractivity contribution in [2.75, 3.05) is 0 Å². The molecular formula is C5H6N4O. The molecule has 0 aliphatic heterocycles. The van der Waals surface area contributed by atoms with Gasteiger partial charge < -0.3 is 10.6 Å². The van der Waals surface area contributed by atoms with Crippen molar-refractivity contribution in [1.29, 1.82) is 0 Å². The fraction of sp³-hybridized carbons (Fsp3) is 0. The molecule has 52 valence electrons. The number of hydrogen-bond acceptors (Lipinski definition) is 4. The number of nitrogens with two attached hydrogens (primary N) is 1. The lowest BCUT2D eigenvalue weighted by Crippen LogP contribution is -1.94. The fourth-order valence-electron chi connectivity index (χ4n) is 0.421. The highest BCUT2D eigenvalue weighted by molar-refractivity contribution is 5.50. The summed E-state index contributed by atoms with van der Waals surface area (Å²) in [5, 5.41) is 10.4. The van der Waals surface area contributed by atoms with E-state index < -0.39 is 0 Å². The third-order valence-electron chi connectivity index (χ3n) is 0.755. The molecule has 0 amide bonds. The molecule has 0 atom stereocenters. The van der Waals surface area contributed by atoms with Crippen molar-refractivity contribution >= 4 is 6.34 Å². The highest BCUT2D eigenvalue weighted by Gasteiger charge is 1.88. The van der Waals surface area contributed by atoms with Crippen LogP contribution in [0, 0.1) is 0 Å². The zero-order valence-electron chi connectivity index (χ0n) is 5.14. The zero-order chi connectivity index (χ0) is 7.23. The predicted octanol–water partition coefficient (Wildman–Crippen LogP) is -0.243. The topological polar surface area (TPSA) is 73.4 Å². The maximum atomic E-state index is 4.91. The van der Waals surface area contributed by atoms with Crippen LogP contribution in [0.5, 0.6) is 5.88 Å². The van der Waals surface area contributed by atoms with E-state index in [4.69, 9.17) is 5.73 Å². The van der Waals surface area contributed by atoms with Crippen LogP contribution in [0.1, 0.15) is 0 Å². The smallest absolute Gasteiger partial charge is 0.267 e. The van der Waals surface area contributed by atoms with Crippen molar-refractivity contribution < 1.29 is 4.84 Å². The molecule has 5 heteroatoms. The Hall–Kier alpha value is -1.65. The van der Waals surface area contributed by atoms with E-state index in [0.29, 0.717) is 5.88 Å². The lowest BCUT2D eigenvalue weighted by Gasteiger charge is -1.91. The number of rotatable bonds is 2. The van der Waals surface area contributed by atoms with Crippen LogP contribution in [-0.4, -0.2) is 16.5 Å². The summed E-state index contributed by atoms with van der Waals surface area (Å²) >= 11 is 0. The van der Waals surface area contributed by atoms with Gasteiger partial charge in [-0.2, -0.15) is 5.10 Å². The Kier molecular flexibility index (Phi) is 2.19. The van der Waals surface area contributed by atoms with Crippen molar-refractivity contribution in [3.05, 3.63) is 18.3 Å². The summed E-state index contributed by atoms with van der Waals surface area (Å²) in [4.78, 5) is 4.63. The van der Waals surface area contributed by atoms with Crippen LogP contribution in [0.15, 0.2) is 23.5 Å². The SMILES string of the molecule is N/C=N/Oc1cccnn1. The normalized spacial score (nSPS) is 10.0. The maximum Gasteiger partial charge on any atom is 0.267 e. The lowest BCUT2D eigenvalue weighted by atomic mass is 10.6. The molecule has 0 radical (unpaired) electrons. The van der Waals surface area contributed by atoms with Crippen molar-refractivity contribution in [3.63, 3.8) is 0 Å². The Balaban J connectivity index is 2.59. The van der Waals surface area contributed by atoms with Gasteiger partial charge >= 0.3 is 0 Å². The summed E-state index contributed by atoms with van der Waals surface area (Å²) in [6.07, 6.45) is 2.58. The fourth-order valence-corrected chi connectivity index (χ4v) is 0.421. The minimum Gasteiger partial charge on any atom is -0.387 e. The summed E-state index contributed by atoms with van der Waals surface area (Å²) < 4.78 is 0. The van der Waals surface area contributed by atoms with Crippen LogP contribution < -0.4 is 10.6 Å². The summed E-state index contributed by atoms with van der Waals surface area (Å²) in [5.41, 5.74) is 4.91. The van der Waals surface area contributed by atoms with Crippen LogP contribution >= 0.6 is 0 Å². The molecule has 2 N–H and O–H groups in total. The zero-order valence-corrected chi connectivity index (χ0v) is 5.14. The monoisotopic (exact) mass is 138 g/mol. The van der Waals surface area contributed by atoms with E-state index in [-0.39, 0.29) is 0 Å². The number of nitrogens with zero attached hydrogens (tertiary/aromatic N) is 3. The maximum absolute atomic E-state index is 4.91. The van der Waals surface area contributed by atoms with Gasteiger partial charge in [0.2, 0.25) is 0 Å². The molecule has 0 bridgehead atoms. The number of hydrogen-bond donors (Lipinski definition) is 1. The standard InChI is InChI=1S/C5H6N4O/c6-4-8-10-5-2-1-3-7-9-5/h1-4H,(H2,6,8). The predicted molar refractivity (Wildman–Crippen MR) is 35.3 cm³/mol. The van der Waals surface area contributed by atoms with Crippen molar-refractivity contribution in [3.8, 4) is 5.88 Å². The second-order valence-corrected chi connectivity index (χ2v) is 1.41. The van der Waals surface area contributed by atoms with E-state index in [1.807, 2.05) is 0 Å². The van der Waals surface area contributed by atoms with Crippen LogP contribution in [0.25, 0.3) is 0 Å². The summed E-state index contributed by atoms with van der Waals surface area (Å²) in [6.45, 7) is 0. The Morgan fingerprint density at radius 1 is 1.70 bits per heavy atom. The van der Waals surface area contributed by atoms with E-state index in [1.165, 1.54) is 0 Å². The first-order valence-electron chi connectivity index (χ1n) is 2.62. The molecule has 0 spiro atoms. The number of aromatic nitrogens is 2. The Morgan fingerprint density at radius 3 is 3.20 bits per heavy atom. The molecular weight excluding hydrogens is 132 g/mol. The van der Waals surface area contributed by atoms with Crippen molar-refractivity contribution in [2.45, 2.75) is 0 Å². The van der Waals surface area contributed by atoms with E-state index in [1.54, 1.807) is 18.3 Å². The molecule has 1 heterocycles.